The highest BCUT2D eigenvalue weighted by atomic mass is 32.1. The molecule has 2 aromatic rings. The Morgan fingerprint density at radius 3 is 3.17 bits per heavy atom. The van der Waals surface area contributed by atoms with Gasteiger partial charge in [0.15, 0.2) is 0 Å². The maximum Gasteiger partial charge on any atom is 0.243 e. The molecule has 0 saturated carbocycles. The maximum absolute atomic E-state index is 11.5. The van der Waals surface area contributed by atoms with E-state index in [1.807, 2.05) is 17.5 Å². The molecule has 0 fully saturated rings. The topological polar surface area (TPSA) is 72.7 Å². The Kier molecular flexibility index (Phi) is 4.40. The molecule has 6 nitrogen and oxygen atoms in total. The highest BCUT2D eigenvalue weighted by Crippen LogP contribution is 2.19. The van der Waals surface area contributed by atoms with Crippen LogP contribution in [0.5, 0.6) is 0 Å². The van der Waals surface area contributed by atoms with Crippen LogP contribution in [0.4, 0.5) is 0 Å². The van der Waals surface area contributed by atoms with Crippen molar-refractivity contribution < 1.29 is 4.79 Å². The van der Waals surface area contributed by atoms with Gasteiger partial charge in [0.05, 0.1) is 4.88 Å². The van der Waals surface area contributed by atoms with E-state index in [1.165, 1.54) is 4.80 Å². The predicted molar refractivity (Wildman–Crippen MR) is 69.0 cm³/mol. The number of tetrazole rings is 1. The molecule has 0 bridgehead atoms. The molecule has 0 radical (unpaired) electrons. The smallest absolute Gasteiger partial charge is 0.243 e. The number of hydrogen-bond donors (Lipinski definition) is 1. The van der Waals surface area contributed by atoms with Crippen LogP contribution in [-0.4, -0.2) is 32.7 Å². The second-order valence-corrected chi connectivity index (χ2v) is 4.77. The number of unbranched alkanes of at least 4 members (excludes halogenated alkanes) is 1. The van der Waals surface area contributed by atoms with Crippen molar-refractivity contribution in [3.8, 4) is 10.7 Å². The molecule has 0 saturated heterocycles. The fourth-order valence-electron chi connectivity index (χ4n) is 1.40. The molecule has 1 N–H and O–H groups in total. The summed E-state index contributed by atoms with van der Waals surface area (Å²) in [4.78, 5) is 13.8. The number of carbonyl (C=O) groups excluding carboxylic acids is 1. The van der Waals surface area contributed by atoms with E-state index in [1.54, 1.807) is 11.3 Å². The minimum absolute atomic E-state index is 0.0846. The van der Waals surface area contributed by atoms with Gasteiger partial charge in [0.1, 0.15) is 6.54 Å². The van der Waals surface area contributed by atoms with Gasteiger partial charge in [-0.3, -0.25) is 4.79 Å². The van der Waals surface area contributed by atoms with Gasteiger partial charge in [-0.05, 0) is 23.1 Å². The number of rotatable bonds is 6. The molecule has 2 heterocycles. The summed E-state index contributed by atoms with van der Waals surface area (Å²) < 4.78 is 0. The van der Waals surface area contributed by atoms with Crippen LogP contribution in [-0.2, 0) is 11.3 Å². The molecular weight excluding hydrogens is 250 g/mol. The second kappa shape index (κ2) is 6.25. The normalized spacial score (nSPS) is 10.5. The lowest BCUT2D eigenvalue weighted by molar-refractivity contribution is -0.122. The minimum Gasteiger partial charge on any atom is -0.354 e. The molecule has 0 aliphatic carbocycles. The number of thiophene rings is 1. The van der Waals surface area contributed by atoms with E-state index in [9.17, 15) is 4.79 Å². The Morgan fingerprint density at radius 1 is 1.56 bits per heavy atom. The van der Waals surface area contributed by atoms with E-state index >= 15 is 0 Å². The number of carbonyl (C=O) groups is 1. The molecule has 0 unspecified atom stereocenters. The predicted octanol–water partition coefficient (Wildman–Crippen LogP) is 1.32. The third kappa shape index (κ3) is 3.36. The lowest BCUT2D eigenvalue weighted by Crippen LogP contribution is -2.29. The van der Waals surface area contributed by atoms with E-state index in [0.29, 0.717) is 12.4 Å². The van der Waals surface area contributed by atoms with E-state index in [2.05, 4.69) is 27.7 Å². The number of amides is 1. The summed E-state index contributed by atoms with van der Waals surface area (Å²) in [5, 5.41) is 16.7. The molecule has 0 atom stereocenters. The molecule has 0 spiro atoms. The fraction of sp³-hybridized carbons (Fsp3) is 0.455. The van der Waals surface area contributed by atoms with Crippen molar-refractivity contribution in [3.63, 3.8) is 0 Å². The molecule has 0 aliphatic rings. The molecule has 18 heavy (non-hydrogen) atoms. The van der Waals surface area contributed by atoms with Crippen LogP contribution >= 0.6 is 11.3 Å². The van der Waals surface area contributed by atoms with Crippen LogP contribution in [0.3, 0.4) is 0 Å². The number of nitrogens with zero attached hydrogens (tertiary/aromatic N) is 4. The van der Waals surface area contributed by atoms with Crippen molar-refractivity contribution in [1.29, 1.82) is 0 Å². The van der Waals surface area contributed by atoms with Gasteiger partial charge >= 0.3 is 0 Å². The first-order valence-electron chi connectivity index (χ1n) is 5.88. The average Bonchev–Trinajstić information content (AvgIpc) is 2.98. The summed E-state index contributed by atoms with van der Waals surface area (Å²) in [6.07, 6.45) is 2.04. The van der Waals surface area contributed by atoms with Crippen molar-refractivity contribution in [2.24, 2.45) is 0 Å². The monoisotopic (exact) mass is 265 g/mol. The van der Waals surface area contributed by atoms with Crippen LogP contribution in [0.15, 0.2) is 17.5 Å². The third-order valence-corrected chi connectivity index (χ3v) is 3.20. The zero-order chi connectivity index (χ0) is 12.8. The van der Waals surface area contributed by atoms with Crippen LogP contribution < -0.4 is 5.32 Å². The minimum atomic E-state index is -0.0846. The summed E-state index contributed by atoms with van der Waals surface area (Å²) in [7, 11) is 0. The Hall–Kier alpha value is -1.76. The van der Waals surface area contributed by atoms with Gasteiger partial charge < -0.3 is 5.32 Å². The van der Waals surface area contributed by atoms with E-state index in [4.69, 9.17) is 0 Å². The maximum atomic E-state index is 11.5. The Morgan fingerprint density at radius 2 is 2.44 bits per heavy atom. The SMILES string of the molecule is CCCCNC(=O)Cn1nnc(-c2cccs2)n1. The molecule has 1 amide bonds. The van der Waals surface area contributed by atoms with Crippen LogP contribution in [0.25, 0.3) is 10.7 Å². The van der Waals surface area contributed by atoms with Crippen LogP contribution in [0, 0.1) is 0 Å². The number of hydrogen-bond acceptors (Lipinski definition) is 5. The van der Waals surface area contributed by atoms with Gasteiger partial charge in [-0.2, -0.15) is 4.80 Å². The third-order valence-electron chi connectivity index (χ3n) is 2.33. The highest BCUT2D eigenvalue weighted by molar-refractivity contribution is 7.13. The Labute approximate surface area is 109 Å². The summed E-state index contributed by atoms with van der Waals surface area (Å²) in [6, 6.07) is 3.85. The van der Waals surface area contributed by atoms with Gasteiger partial charge in [-0.15, -0.1) is 21.5 Å². The van der Waals surface area contributed by atoms with Crippen molar-refractivity contribution >= 4 is 17.2 Å². The lowest BCUT2D eigenvalue weighted by Gasteiger charge is -2.02. The van der Waals surface area contributed by atoms with Crippen LogP contribution in [0.2, 0.25) is 0 Å². The Balaban J connectivity index is 1.89. The van der Waals surface area contributed by atoms with Gasteiger partial charge in [0.2, 0.25) is 11.7 Å². The average molecular weight is 265 g/mol. The fourth-order valence-corrected chi connectivity index (χ4v) is 2.05. The van der Waals surface area contributed by atoms with Crippen molar-refractivity contribution in [2.45, 2.75) is 26.3 Å². The lowest BCUT2D eigenvalue weighted by atomic mass is 10.3. The largest absolute Gasteiger partial charge is 0.354 e. The van der Waals surface area contributed by atoms with E-state index < -0.39 is 0 Å². The Bertz CT molecular complexity index is 493. The zero-order valence-corrected chi connectivity index (χ0v) is 11.0. The summed E-state index contributed by atoms with van der Waals surface area (Å²) in [5.74, 6) is 0.477. The molecule has 96 valence electrons. The molecule has 2 aromatic heterocycles. The summed E-state index contributed by atoms with van der Waals surface area (Å²) >= 11 is 1.55. The molecule has 0 aliphatic heterocycles. The first-order valence-corrected chi connectivity index (χ1v) is 6.76. The second-order valence-electron chi connectivity index (χ2n) is 3.82. The standard InChI is InChI=1S/C11H15N5OS/c1-2-3-6-12-10(17)8-16-14-11(13-15-16)9-5-4-7-18-9/h4-5,7H,2-3,6,8H2,1H3,(H,12,17). The van der Waals surface area contributed by atoms with Gasteiger partial charge in [-0.1, -0.05) is 19.4 Å². The highest BCUT2D eigenvalue weighted by Gasteiger charge is 2.09. The summed E-state index contributed by atoms with van der Waals surface area (Å²) in [6.45, 7) is 2.89. The molecule has 7 heteroatoms. The van der Waals surface area contributed by atoms with Gasteiger partial charge in [0, 0.05) is 6.54 Å². The number of aromatic nitrogens is 4. The van der Waals surface area contributed by atoms with Crippen molar-refractivity contribution in [2.75, 3.05) is 6.54 Å². The van der Waals surface area contributed by atoms with Gasteiger partial charge in [0.25, 0.3) is 0 Å². The summed E-state index contributed by atoms with van der Waals surface area (Å²) in [5.41, 5.74) is 0. The molecule has 2 rings (SSSR count). The first-order chi connectivity index (χ1) is 8.79. The van der Waals surface area contributed by atoms with Gasteiger partial charge in [-0.25, -0.2) is 0 Å². The number of nitrogens with one attached hydrogen (secondary N) is 1. The van der Waals surface area contributed by atoms with Crippen molar-refractivity contribution in [3.05, 3.63) is 17.5 Å². The quantitative estimate of drug-likeness (QED) is 0.799. The first kappa shape index (κ1) is 12.7. The van der Waals surface area contributed by atoms with Crippen LogP contribution in [0.1, 0.15) is 19.8 Å². The van der Waals surface area contributed by atoms with E-state index in [0.717, 1.165) is 17.7 Å². The van der Waals surface area contributed by atoms with E-state index in [-0.39, 0.29) is 12.5 Å². The molecular formula is C11H15N5OS. The zero-order valence-electron chi connectivity index (χ0n) is 10.2. The van der Waals surface area contributed by atoms with Crippen molar-refractivity contribution in [1.82, 2.24) is 25.5 Å². The molecule has 0 aromatic carbocycles.